The van der Waals surface area contributed by atoms with Gasteiger partial charge in [0, 0.05) is 0 Å². The smallest absolute Gasteiger partial charge is 0.263 e. The average Bonchev–Trinajstić information content (AvgIpc) is 3.06. The van der Waals surface area contributed by atoms with Crippen molar-refractivity contribution in [1.29, 1.82) is 0 Å². The predicted octanol–water partition coefficient (Wildman–Crippen LogP) is 9.58. The zero-order valence-electron chi connectivity index (χ0n) is 22.3. The van der Waals surface area contributed by atoms with Gasteiger partial charge in [-0.15, -0.1) is 13.8 Å². The number of rotatable bonds is 1. The van der Waals surface area contributed by atoms with E-state index in [9.17, 15) is 0 Å². The van der Waals surface area contributed by atoms with E-state index in [1.54, 1.807) is 0 Å². The van der Waals surface area contributed by atoms with Crippen LogP contribution in [0.2, 0.25) is 0 Å². The van der Waals surface area contributed by atoms with Crippen LogP contribution in [0.25, 0.3) is 11.1 Å². The fourth-order valence-electron chi connectivity index (χ4n) is 4.07. The molecule has 172 valence electrons. The van der Waals surface area contributed by atoms with Crippen LogP contribution in [-0.4, -0.2) is 0 Å². The summed E-state index contributed by atoms with van der Waals surface area (Å²) in [7, 11) is 0. The van der Waals surface area contributed by atoms with Gasteiger partial charge < -0.3 is 0 Å². The van der Waals surface area contributed by atoms with Gasteiger partial charge in [-0.1, -0.05) is 127 Å². The summed E-state index contributed by atoms with van der Waals surface area (Å²) >= 11 is 0. The Morgan fingerprint density at radius 3 is 0.909 bits per heavy atom. The molecule has 0 amide bonds. The predicted molar refractivity (Wildman–Crippen MR) is 141 cm³/mol. The fraction of sp³-hybridized carbons (Fsp3) is 0.375. The van der Waals surface area contributed by atoms with Crippen LogP contribution in [0, 0.1) is 23.0 Å². The van der Waals surface area contributed by atoms with E-state index in [1.165, 1.54) is 44.6 Å². The molecule has 2 aromatic rings. The van der Waals surface area contributed by atoms with Crippen molar-refractivity contribution in [3.8, 4) is 11.1 Å². The van der Waals surface area contributed by atoms with E-state index in [2.05, 4.69) is 130 Å². The van der Waals surface area contributed by atoms with E-state index < -0.39 is 0 Å². The van der Waals surface area contributed by atoms with E-state index in [4.69, 9.17) is 0 Å². The number of hydrogen-bond acceptors (Lipinski definition) is 0. The van der Waals surface area contributed by atoms with Crippen LogP contribution in [0.3, 0.4) is 0 Å². The van der Waals surface area contributed by atoms with Crippen molar-refractivity contribution in [3.63, 3.8) is 0 Å². The van der Waals surface area contributed by atoms with Gasteiger partial charge in [0.15, 0.2) is 0 Å². The Hall–Kier alpha value is -1.72. The summed E-state index contributed by atoms with van der Waals surface area (Å²) < 4.78 is 0. The molecule has 33 heavy (non-hydrogen) atoms. The minimum Gasteiger partial charge on any atom is -0.263 e. The van der Waals surface area contributed by atoms with Gasteiger partial charge in [0.05, 0.1) is 0 Å². The Balaban J connectivity index is 0.000000246. The largest absolute Gasteiger partial charge is 2.00 e. The van der Waals surface area contributed by atoms with E-state index in [0.717, 1.165) is 0 Å². The monoisotopic (exact) mass is 514 g/mol. The minimum absolute atomic E-state index is 0. The Morgan fingerprint density at radius 2 is 0.758 bits per heavy atom. The quantitative estimate of drug-likeness (QED) is 0.332. The molecule has 0 heterocycles. The van der Waals surface area contributed by atoms with Crippen LogP contribution in [0.5, 0.6) is 0 Å². The number of benzene rings is 2. The van der Waals surface area contributed by atoms with Gasteiger partial charge in [0.25, 0.3) is 0 Å². The second-order valence-corrected chi connectivity index (χ2v) is 9.98. The molecule has 4 rings (SSSR count). The van der Waals surface area contributed by atoms with Crippen LogP contribution in [0.4, 0.5) is 0 Å². The Morgan fingerprint density at radius 1 is 0.485 bits per heavy atom. The molecule has 0 aromatic heterocycles. The molecule has 0 radical (unpaired) electrons. The van der Waals surface area contributed by atoms with Crippen LogP contribution in [0.15, 0.2) is 94.1 Å². The second-order valence-electron chi connectivity index (χ2n) is 9.98. The van der Waals surface area contributed by atoms with Crippen LogP contribution < -0.4 is 0 Å². The van der Waals surface area contributed by atoms with Crippen molar-refractivity contribution < 1.29 is 26.2 Å². The summed E-state index contributed by atoms with van der Waals surface area (Å²) in [5, 5.41) is 0. The van der Waals surface area contributed by atoms with E-state index in [1.807, 2.05) is 12.1 Å². The van der Waals surface area contributed by atoms with Gasteiger partial charge in [-0.3, -0.25) is 12.2 Å². The van der Waals surface area contributed by atoms with Crippen molar-refractivity contribution in [2.45, 2.75) is 69.2 Å². The fourth-order valence-corrected chi connectivity index (χ4v) is 4.07. The molecular weight excluding hydrogens is 476 g/mol. The number of allylic oxidation sites excluding steroid dienone is 8. The summed E-state index contributed by atoms with van der Waals surface area (Å²) in [5.74, 6) is 0. The molecule has 0 spiro atoms. The molecule has 0 saturated carbocycles. The van der Waals surface area contributed by atoms with E-state index >= 15 is 0 Å². The summed E-state index contributed by atoms with van der Waals surface area (Å²) in [6.45, 7) is 21.8. The van der Waals surface area contributed by atoms with Gasteiger partial charge in [-0.25, -0.2) is 11.1 Å². The molecule has 0 unspecified atom stereocenters. The first kappa shape index (κ1) is 29.3. The molecule has 0 fully saturated rings. The van der Waals surface area contributed by atoms with E-state index in [0.29, 0.717) is 0 Å². The third-order valence-electron chi connectivity index (χ3n) is 7.01. The first-order chi connectivity index (χ1) is 14.9. The summed E-state index contributed by atoms with van der Waals surface area (Å²) in [6, 6.07) is 20.8. The van der Waals surface area contributed by atoms with Crippen molar-refractivity contribution >= 4 is 0 Å². The third kappa shape index (κ3) is 7.65. The Kier molecular flexibility index (Phi) is 10.8. The van der Waals surface area contributed by atoms with Gasteiger partial charge in [-0.2, -0.15) is 22.3 Å². The molecule has 0 bridgehead atoms. The maximum Gasteiger partial charge on any atom is 2.00 e. The molecule has 0 atom stereocenters. The van der Waals surface area contributed by atoms with Crippen molar-refractivity contribution in [2.24, 2.45) is 10.8 Å². The second kappa shape index (κ2) is 12.1. The summed E-state index contributed by atoms with van der Waals surface area (Å²) in [6.07, 6.45) is 6.87. The molecular formula is C32H40Zr. The van der Waals surface area contributed by atoms with Crippen molar-refractivity contribution in [3.05, 3.63) is 106 Å². The van der Waals surface area contributed by atoms with Gasteiger partial charge in [-0.05, 0) is 11.1 Å². The number of hydrogen-bond donors (Lipinski definition) is 0. The van der Waals surface area contributed by atoms with E-state index in [-0.39, 0.29) is 37.0 Å². The summed E-state index contributed by atoms with van der Waals surface area (Å²) in [5.41, 5.74) is 11.3. The molecule has 0 nitrogen and oxygen atoms in total. The first-order valence-corrected chi connectivity index (χ1v) is 11.6. The molecule has 2 aromatic carbocycles. The van der Waals surface area contributed by atoms with Gasteiger partial charge in [0.1, 0.15) is 0 Å². The normalized spacial score (nSPS) is 17.8. The Labute approximate surface area is 222 Å². The molecule has 0 N–H and O–H groups in total. The van der Waals surface area contributed by atoms with Crippen LogP contribution >= 0.6 is 0 Å². The molecule has 0 saturated heterocycles. The maximum absolute atomic E-state index is 3.44. The van der Waals surface area contributed by atoms with Crippen LogP contribution in [0.1, 0.15) is 69.2 Å². The third-order valence-corrected chi connectivity index (χ3v) is 7.01. The standard InChI is InChI=1S/C12H10.2C10H15.Zr/c1-3-7-11(8-4-1)12-9-5-2-6-10-12;2*1-7-6-10(4,5)9(3)8(7)2;/h1-10H;2*1-5H3;/q;2*-1;+2. The average molecular weight is 516 g/mol. The molecule has 1 heteroatoms. The topological polar surface area (TPSA) is 0 Å². The van der Waals surface area contributed by atoms with Crippen molar-refractivity contribution in [2.75, 3.05) is 0 Å². The van der Waals surface area contributed by atoms with Gasteiger partial charge >= 0.3 is 26.2 Å². The van der Waals surface area contributed by atoms with Gasteiger partial charge in [0.2, 0.25) is 0 Å². The van der Waals surface area contributed by atoms with Crippen molar-refractivity contribution in [1.82, 2.24) is 0 Å². The molecule has 2 aliphatic carbocycles. The minimum atomic E-state index is 0. The molecule has 0 aliphatic heterocycles. The first-order valence-electron chi connectivity index (χ1n) is 11.6. The summed E-state index contributed by atoms with van der Waals surface area (Å²) in [4.78, 5) is 0. The molecule has 2 aliphatic rings. The maximum atomic E-state index is 3.44. The Bertz CT molecular complexity index is 955. The zero-order valence-corrected chi connectivity index (χ0v) is 24.7. The zero-order chi connectivity index (χ0) is 24.1. The SMILES string of the molecule is CC1=[C-]C(C)(C)C(C)=C1C.CC1=[C-]C(C)(C)C(C)=C1C.[Zr+2].c1ccc(-c2ccccc2)cc1. The van der Waals surface area contributed by atoms with Crippen LogP contribution in [-0.2, 0) is 26.2 Å².